The predicted molar refractivity (Wildman–Crippen MR) is 110 cm³/mol. The SMILES string of the molecule is O=C(NCc1ccccn1)c1cccc(OC2CCN(c3ncccn3)CC2)c1. The highest BCUT2D eigenvalue weighted by atomic mass is 16.5. The number of hydrogen-bond acceptors (Lipinski definition) is 6. The maximum atomic E-state index is 12.4. The number of hydrogen-bond donors (Lipinski definition) is 1. The Morgan fingerprint density at radius 1 is 1.00 bits per heavy atom. The van der Waals surface area contributed by atoms with E-state index in [-0.39, 0.29) is 12.0 Å². The van der Waals surface area contributed by atoms with Gasteiger partial charge in [-0.1, -0.05) is 12.1 Å². The highest BCUT2D eigenvalue weighted by Crippen LogP contribution is 2.22. The minimum atomic E-state index is -0.142. The van der Waals surface area contributed by atoms with Crippen molar-refractivity contribution in [3.8, 4) is 5.75 Å². The number of anilines is 1. The number of rotatable bonds is 6. The lowest BCUT2D eigenvalue weighted by Crippen LogP contribution is -2.39. The van der Waals surface area contributed by atoms with Gasteiger partial charge in [0.2, 0.25) is 5.95 Å². The summed E-state index contributed by atoms with van der Waals surface area (Å²) in [6.45, 7) is 2.09. The van der Waals surface area contributed by atoms with Crippen molar-refractivity contribution in [1.29, 1.82) is 0 Å². The molecule has 0 atom stereocenters. The number of carbonyl (C=O) groups is 1. The molecular weight excluding hydrogens is 366 g/mol. The Balaban J connectivity index is 1.30. The van der Waals surface area contributed by atoms with Crippen LogP contribution in [0, 0.1) is 0 Å². The van der Waals surface area contributed by atoms with E-state index in [1.54, 1.807) is 30.7 Å². The molecule has 1 fully saturated rings. The Bertz CT molecular complexity index is 928. The number of amides is 1. The fourth-order valence-electron chi connectivity index (χ4n) is 3.31. The summed E-state index contributed by atoms with van der Waals surface area (Å²) < 4.78 is 6.13. The van der Waals surface area contributed by atoms with Crippen LogP contribution < -0.4 is 15.0 Å². The van der Waals surface area contributed by atoms with Crippen molar-refractivity contribution in [3.63, 3.8) is 0 Å². The van der Waals surface area contributed by atoms with E-state index in [0.717, 1.165) is 37.6 Å². The van der Waals surface area contributed by atoms with Crippen LogP contribution in [0.15, 0.2) is 67.1 Å². The van der Waals surface area contributed by atoms with Gasteiger partial charge in [-0.25, -0.2) is 9.97 Å². The Morgan fingerprint density at radius 2 is 1.79 bits per heavy atom. The minimum absolute atomic E-state index is 0.113. The summed E-state index contributed by atoms with van der Waals surface area (Å²) in [6.07, 6.45) is 7.11. The molecule has 1 N–H and O–H groups in total. The third kappa shape index (κ3) is 5.07. The topological polar surface area (TPSA) is 80.2 Å². The fourth-order valence-corrected chi connectivity index (χ4v) is 3.31. The number of ether oxygens (including phenoxy) is 1. The molecule has 0 radical (unpaired) electrons. The average Bonchev–Trinajstić information content (AvgIpc) is 2.79. The van der Waals surface area contributed by atoms with Gasteiger partial charge in [-0.05, 0) is 36.4 Å². The van der Waals surface area contributed by atoms with Gasteiger partial charge in [0, 0.05) is 50.1 Å². The van der Waals surface area contributed by atoms with Gasteiger partial charge < -0.3 is 15.0 Å². The van der Waals surface area contributed by atoms with E-state index in [4.69, 9.17) is 4.74 Å². The highest BCUT2D eigenvalue weighted by molar-refractivity contribution is 5.94. The molecule has 1 aromatic carbocycles. The third-order valence-corrected chi connectivity index (χ3v) is 4.83. The highest BCUT2D eigenvalue weighted by Gasteiger charge is 2.22. The van der Waals surface area contributed by atoms with Gasteiger partial charge in [0.25, 0.3) is 5.91 Å². The standard InChI is InChI=1S/C22H23N5O2/c28-21(26-16-18-6-1-2-10-23-18)17-5-3-7-20(15-17)29-19-8-13-27(14-9-19)22-24-11-4-12-25-22/h1-7,10-12,15,19H,8-9,13-14,16H2,(H,26,28). The molecule has 0 aliphatic carbocycles. The predicted octanol–water partition coefficient (Wildman–Crippen LogP) is 2.85. The zero-order valence-corrected chi connectivity index (χ0v) is 16.1. The number of nitrogens with zero attached hydrogens (tertiary/aromatic N) is 4. The molecule has 1 aliphatic rings. The maximum absolute atomic E-state index is 12.4. The van der Waals surface area contributed by atoms with E-state index < -0.39 is 0 Å². The van der Waals surface area contributed by atoms with Crippen molar-refractivity contribution in [2.75, 3.05) is 18.0 Å². The van der Waals surface area contributed by atoms with Crippen molar-refractivity contribution in [1.82, 2.24) is 20.3 Å². The molecule has 29 heavy (non-hydrogen) atoms. The monoisotopic (exact) mass is 389 g/mol. The summed E-state index contributed by atoms with van der Waals surface area (Å²) in [5.74, 6) is 1.33. The van der Waals surface area contributed by atoms with Crippen LogP contribution in [0.5, 0.6) is 5.75 Å². The minimum Gasteiger partial charge on any atom is -0.490 e. The number of nitrogens with one attached hydrogen (secondary N) is 1. The molecule has 1 amide bonds. The van der Waals surface area contributed by atoms with E-state index in [1.165, 1.54) is 0 Å². The summed E-state index contributed by atoms with van der Waals surface area (Å²) in [7, 11) is 0. The first-order valence-corrected chi connectivity index (χ1v) is 9.75. The van der Waals surface area contributed by atoms with Gasteiger partial charge in [-0.2, -0.15) is 0 Å². The average molecular weight is 389 g/mol. The molecule has 0 unspecified atom stereocenters. The Hall–Kier alpha value is -3.48. The molecule has 0 saturated carbocycles. The van der Waals surface area contributed by atoms with Crippen molar-refractivity contribution >= 4 is 11.9 Å². The second-order valence-electron chi connectivity index (χ2n) is 6.88. The molecule has 2 aromatic heterocycles. The zero-order chi connectivity index (χ0) is 19.9. The van der Waals surface area contributed by atoms with Gasteiger partial charge in [-0.15, -0.1) is 0 Å². The molecule has 0 spiro atoms. The first-order chi connectivity index (χ1) is 14.3. The first kappa shape index (κ1) is 18.9. The van der Waals surface area contributed by atoms with Gasteiger partial charge in [0.1, 0.15) is 11.9 Å². The number of aromatic nitrogens is 3. The maximum Gasteiger partial charge on any atom is 0.251 e. The van der Waals surface area contributed by atoms with E-state index >= 15 is 0 Å². The molecular formula is C22H23N5O2. The normalized spacial score (nSPS) is 14.4. The molecule has 7 nitrogen and oxygen atoms in total. The number of piperidine rings is 1. The first-order valence-electron chi connectivity index (χ1n) is 9.75. The molecule has 1 aliphatic heterocycles. The van der Waals surface area contributed by atoms with E-state index in [2.05, 4.69) is 25.2 Å². The molecule has 0 bridgehead atoms. The number of pyridine rings is 1. The lowest BCUT2D eigenvalue weighted by molar-refractivity contribution is 0.0949. The van der Waals surface area contributed by atoms with Crippen LogP contribution in [-0.4, -0.2) is 40.1 Å². The lowest BCUT2D eigenvalue weighted by Gasteiger charge is -2.32. The third-order valence-electron chi connectivity index (χ3n) is 4.83. The number of benzene rings is 1. The summed E-state index contributed by atoms with van der Waals surface area (Å²) in [6, 6.07) is 14.8. The van der Waals surface area contributed by atoms with Crippen molar-refractivity contribution in [2.45, 2.75) is 25.5 Å². The van der Waals surface area contributed by atoms with E-state index in [9.17, 15) is 4.79 Å². The smallest absolute Gasteiger partial charge is 0.251 e. The van der Waals surface area contributed by atoms with Gasteiger partial charge in [0.05, 0.1) is 12.2 Å². The Labute approximate surface area is 169 Å². The second-order valence-corrected chi connectivity index (χ2v) is 6.88. The Morgan fingerprint density at radius 3 is 2.55 bits per heavy atom. The van der Waals surface area contributed by atoms with E-state index in [0.29, 0.717) is 17.9 Å². The quantitative estimate of drug-likeness (QED) is 0.698. The number of carbonyl (C=O) groups excluding carboxylic acids is 1. The van der Waals surface area contributed by atoms with Gasteiger partial charge >= 0.3 is 0 Å². The summed E-state index contributed by atoms with van der Waals surface area (Å²) in [4.78, 5) is 27.4. The summed E-state index contributed by atoms with van der Waals surface area (Å²) in [5.41, 5.74) is 1.40. The van der Waals surface area contributed by atoms with E-state index in [1.807, 2.05) is 36.4 Å². The van der Waals surface area contributed by atoms with Crippen molar-refractivity contribution in [2.24, 2.45) is 0 Å². The molecule has 3 heterocycles. The van der Waals surface area contributed by atoms with Crippen LogP contribution >= 0.6 is 0 Å². The summed E-state index contributed by atoms with van der Waals surface area (Å²) in [5, 5.41) is 2.89. The van der Waals surface area contributed by atoms with Crippen molar-refractivity contribution < 1.29 is 9.53 Å². The van der Waals surface area contributed by atoms with Crippen LogP contribution in [0.3, 0.4) is 0 Å². The molecule has 7 heteroatoms. The molecule has 4 rings (SSSR count). The van der Waals surface area contributed by atoms with Crippen LogP contribution in [0.4, 0.5) is 5.95 Å². The van der Waals surface area contributed by atoms with Crippen LogP contribution in [0.25, 0.3) is 0 Å². The molecule has 1 saturated heterocycles. The fraction of sp³-hybridized carbons (Fsp3) is 0.273. The second kappa shape index (κ2) is 9.14. The van der Waals surface area contributed by atoms with Gasteiger partial charge in [-0.3, -0.25) is 9.78 Å². The van der Waals surface area contributed by atoms with Crippen molar-refractivity contribution in [3.05, 3.63) is 78.4 Å². The van der Waals surface area contributed by atoms with Crippen LogP contribution in [-0.2, 0) is 6.54 Å². The largest absolute Gasteiger partial charge is 0.490 e. The Kier molecular flexibility index (Phi) is 5.95. The lowest BCUT2D eigenvalue weighted by atomic mass is 10.1. The summed E-state index contributed by atoms with van der Waals surface area (Å²) >= 11 is 0. The van der Waals surface area contributed by atoms with Crippen LogP contribution in [0.1, 0.15) is 28.9 Å². The molecule has 3 aromatic rings. The van der Waals surface area contributed by atoms with Gasteiger partial charge in [0.15, 0.2) is 0 Å². The zero-order valence-electron chi connectivity index (χ0n) is 16.1. The van der Waals surface area contributed by atoms with Crippen LogP contribution in [0.2, 0.25) is 0 Å². The molecule has 148 valence electrons.